The van der Waals surface area contributed by atoms with Crippen molar-refractivity contribution in [3.05, 3.63) is 106 Å². The Morgan fingerprint density at radius 1 is 0.931 bits per heavy atom. The van der Waals surface area contributed by atoms with E-state index in [0.29, 0.717) is 6.04 Å². The van der Waals surface area contributed by atoms with Crippen LogP contribution in [0, 0.1) is 0 Å². The molecule has 0 saturated heterocycles. The number of aromatic amines is 1. The molecule has 0 bridgehead atoms. The van der Waals surface area contributed by atoms with E-state index in [2.05, 4.69) is 70.1 Å². The van der Waals surface area contributed by atoms with Crippen LogP contribution in [-0.4, -0.2) is 20.8 Å². The average Bonchev–Trinajstić information content (AvgIpc) is 3.38. The Labute approximate surface area is 169 Å². The van der Waals surface area contributed by atoms with E-state index in [1.54, 1.807) is 0 Å². The molecule has 0 saturated carbocycles. The fourth-order valence-corrected chi connectivity index (χ4v) is 4.05. The largest absolute Gasteiger partial charge is 0.347 e. The van der Waals surface area contributed by atoms with Gasteiger partial charge in [0.25, 0.3) is 0 Å². The molecular weight excluding hydrogens is 360 g/mol. The highest BCUT2D eigenvalue weighted by Crippen LogP contribution is 2.24. The van der Waals surface area contributed by atoms with Gasteiger partial charge in [-0.3, -0.25) is 0 Å². The van der Waals surface area contributed by atoms with E-state index in [-0.39, 0.29) is 5.69 Å². The summed E-state index contributed by atoms with van der Waals surface area (Å²) in [5, 5.41) is 9.91. The summed E-state index contributed by atoms with van der Waals surface area (Å²) in [6, 6.07) is 25.7. The SMILES string of the molecule is O=c1[nH]ncn1-c1cccc(-c2ccc(CNC3Cc4ccccc4C3)cc2)c1. The highest BCUT2D eigenvalue weighted by molar-refractivity contribution is 5.66. The molecule has 0 fully saturated rings. The van der Waals surface area contributed by atoms with Crippen LogP contribution < -0.4 is 11.0 Å². The first-order chi connectivity index (χ1) is 14.3. The molecule has 0 radical (unpaired) electrons. The number of nitrogens with zero attached hydrogens (tertiary/aromatic N) is 2. The van der Waals surface area contributed by atoms with Crippen molar-refractivity contribution in [1.29, 1.82) is 0 Å². The standard InChI is InChI=1S/C24H22N4O/c29-24-27-26-16-28(24)23-7-3-6-21(14-23)18-10-8-17(9-11-18)15-25-22-12-19-4-1-2-5-20(19)13-22/h1-11,14,16,22,25H,12-13,15H2,(H,27,29). The van der Waals surface area contributed by atoms with Crippen LogP contribution in [0.3, 0.4) is 0 Å². The van der Waals surface area contributed by atoms with Gasteiger partial charge in [0.1, 0.15) is 6.33 Å². The zero-order valence-corrected chi connectivity index (χ0v) is 16.0. The van der Waals surface area contributed by atoms with Gasteiger partial charge in [-0.25, -0.2) is 14.5 Å². The van der Waals surface area contributed by atoms with Crippen molar-refractivity contribution in [2.24, 2.45) is 0 Å². The zero-order chi connectivity index (χ0) is 19.6. The molecule has 4 aromatic rings. The quantitative estimate of drug-likeness (QED) is 0.555. The number of fused-ring (bicyclic) bond motifs is 1. The first-order valence-corrected chi connectivity index (χ1v) is 9.88. The van der Waals surface area contributed by atoms with Crippen molar-refractivity contribution in [2.45, 2.75) is 25.4 Å². The molecule has 5 rings (SSSR count). The first kappa shape index (κ1) is 17.6. The lowest BCUT2D eigenvalue weighted by Crippen LogP contribution is -2.28. The Morgan fingerprint density at radius 3 is 2.38 bits per heavy atom. The lowest BCUT2D eigenvalue weighted by atomic mass is 10.0. The third kappa shape index (κ3) is 3.65. The fourth-order valence-electron chi connectivity index (χ4n) is 4.05. The van der Waals surface area contributed by atoms with Crippen molar-refractivity contribution in [3.63, 3.8) is 0 Å². The monoisotopic (exact) mass is 382 g/mol. The summed E-state index contributed by atoms with van der Waals surface area (Å²) in [5.41, 5.74) is 6.97. The van der Waals surface area contributed by atoms with Gasteiger partial charge in [0.05, 0.1) is 5.69 Å². The fraction of sp³-hybridized carbons (Fsp3) is 0.167. The molecule has 29 heavy (non-hydrogen) atoms. The number of aromatic nitrogens is 3. The second-order valence-corrected chi connectivity index (χ2v) is 7.53. The third-order valence-corrected chi connectivity index (χ3v) is 5.61. The second kappa shape index (κ2) is 7.53. The van der Waals surface area contributed by atoms with Gasteiger partial charge in [0.2, 0.25) is 0 Å². The molecule has 1 heterocycles. The van der Waals surface area contributed by atoms with Crippen molar-refractivity contribution in [3.8, 4) is 16.8 Å². The molecule has 0 aliphatic heterocycles. The highest BCUT2D eigenvalue weighted by atomic mass is 16.1. The van der Waals surface area contributed by atoms with Gasteiger partial charge in [-0.05, 0) is 52.8 Å². The summed E-state index contributed by atoms with van der Waals surface area (Å²) < 4.78 is 1.50. The molecule has 2 N–H and O–H groups in total. The van der Waals surface area contributed by atoms with Gasteiger partial charge < -0.3 is 5.32 Å². The highest BCUT2D eigenvalue weighted by Gasteiger charge is 2.20. The Bertz CT molecular complexity index is 1160. The number of rotatable bonds is 5. The molecule has 5 nitrogen and oxygen atoms in total. The first-order valence-electron chi connectivity index (χ1n) is 9.88. The predicted octanol–water partition coefficient (Wildman–Crippen LogP) is 3.48. The van der Waals surface area contributed by atoms with Crippen LogP contribution in [0.2, 0.25) is 0 Å². The van der Waals surface area contributed by atoms with Crippen molar-refractivity contribution >= 4 is 0 Å². The molecule has 0 amide bonds. The van der Waals surface area contributed by atoms with E-state index in [1.165, 1.54) is 27.6 Å². The molecule has 1 aliphatic carbocycles. The molecule has 0 unspecified atom stereocenters. The summed E-state index contributed by atoms with van der Waals surface area (Å²) in [6.07, 6.45) is 3.71. The molecule has 0 atom stereocenters. The minimum Gasteiger partial charge on any atom is -0.309 e. The molecule has 144 valence electrons. The minimum atomic E-state index is -0.238. The number of hydrogen-bond donors (Lipinski definition) is 2. The van der Waals surface area contributed by atoms with Gasteiger partial charge in [-0.15, -0.1) is 0 Å². The number of nitrogens with one attached hydrogen (secondary N) is 2. The van der Waals surface area contributed by atoms with Crippen LogP contribution in [0.4, 0.5) is 0 Å². The number of hydrogen-bond acceptors (Lipinski definition) is 3. The average molecular weight is 382 g/mol. The molecule has 1 aromatic heterocycles. The minimum absolute atomic E-state index is 0.238. The van der Waals surface area contributed by atoms with Gasteiger partial charge in [-0.1, -0.05) is 60.7 Å². The Balaban J connectivity index is 1.26. The van der Waals surface area contributed by atoms with E-state index in [0.717, 1.165) is 36.2 Å². The number of H-pyrrole nitrogens is 1. The van der Waals surface area contributed by atoms with Crippen molar-refractivity contribution in [1.82, 2.24) is 20.1 Å². The Morgan fingerprint density at radius 2 is 1.69 bits per heavy atom. The maximum atomic E-state index is 11.8. The van der Waals surface area contributed by atoms with Crippen molar-refractivity contribution < 1.29 is 0 Å². The van der Waals surface area contributed by atoms with Crippen molar-refractivity contribution in [2.75, 3.05) is 0 Å². The third-order valence-electron chi connectivity index (χ3n) is 5.61. The maximum Gasteiger partial charge on any atom is 0.347 e. The smallest absolute Gasteiger partial charge is 0.309 e. The van der Waals surface area contributed by atoms with Crippen LogP contribution in [-0.2, 0) is 19.4 Å². The van der Waals surface area contributed by atoms with E-state index in [4.69, 9.17) is 0 Å². The molecule has 0 spiro atoms. The molecule has 5 heteroatoms. The molecular formula is C24H22N4O. The van der Waals surface area contributed by atoms with Crippen LogP contribution >= 0.6 is 0 Å². The van der Waals surface area contributed by atoms with E-state index in [9.17, 15) is 4.79 Å². The number of benzene rings is 3. The topological polar surface area (TPSA) is 62.7 Å². The van der Waals surface area contributed by atoms with E-state index in [1.807, 2.05) is 18.2 Å². The summed E-state index contributed by atoms with van der Waals surface area (Å²) in [4.78, 5) is 11.8. The summed E-state index contributed by atoms with van der Waals surface area (Å²) in [7, 11) is 0. The summed E-state index contributed by atoms with van der Waals surface area (Å²) >= 11 is 0. The van der Waals surface area contributed by atoms with Crippen LogP contribution in [0.15, 0.2) is 83.9 Å². The summed E-state index contributed by atoms with van der Waals surface area (Å²) in [5.74, 6) is 0. The Kier molecular flexibility index (Phi) is 4.58. The second-order valence-electron chi connectivity index (χ2n) is 7.53. The van der Waals surface area contributed by atoms with E-state index < -0.39 is 0 Å². The lowest BCUT2D eigenvalue weighted by Gasteiger charge is -2.12. The van der Waals surface area contributed by atoms with E-state index >= 15 is 0 Å². The molecule has 3 aromatic carbocycles. The van der Waals surface area contributed by atoms with Gasteiger partial charge >= 0.3 is 5.69 Å². The normalized spacial score (nSPS) is 13.5. The van der Waals surface area contributed by atoms with Gasteiger partial charge in [0, 0.05) is 12.6 Å². The molecule has 1 aliphatic rings. The predicted molar refractivity (Wildman–Crippen MR) is 114 cm³/mol. The van der Waals surface area contributed by atoms with Crippen LogP contribution in [0.25, 0.3) is 16.8 Å². The van der Waals surface area contributed by atoms with Crippen LogP contribution in [0.1, 0.15) is 16.7 Å². The summed E-state index contributed by atoms with van der Waals surface area (Å²) in [6.45, 7) is 0.864. The van der Waals surface area contributed by atoms with Crippen LogP contribution in [0.5, 0.6) is 0 Å². The Hall–Kier alpha value is -3.44. The van der Waals surface area contributed by atoms with Gasteiger partial charge in [-0.2, -0.15) is 5.10 Å². The zero-order valence-electron chi connectivity index (χ0n) is 16.0. The van der Waals surface area contributed by atoms with Gasteiger partial charge in [0.15, 0.2) is 0 Å². The lowest BCUT2D eigenvalue weighted by molar-refractivity contribution is 0.533. The maximum absolute atomic E-state index is 11.8.